The van der Waals surface area contributed by atoms with E-state index in [9.17, 15) is 14.4 Å². The van der Waals surface area contributed by atoms with Crippen molar-refractivity contribution in [2.24, 2.45) is 0 Å². The maximum absolute atomic E-state index is 12.1. The Hall–Kier alpha value is -2.57. The minimum atomic E-state index is -0.643. The summed E-state index contributed by atoms with van der Waals surface area (Å²) in [6.45, 7) is 5.77. The molecule has 1 aliphatic heterocycles. The summed E-state index contributed by atoms with van der Waals surface area (Å²) in [5, 5.41) is 7.52. The molecule has 1 heterocycles. The van der Waals surface area contributed by atoms with E-state index in [1.54, 1.807) is 0 Å². The zero-order valence-corrected chi connectivity index (χ0v) is 14.1. The van der Waals surface area contributed by atoms with Crippen molar-refractivity contribution in [2.45, 2.75) is 51.8 Å². The molecule has 0 saturated carbocycles. The van der Waals surface area contributed by atoms with Gasteiger partial charge in [0.15, 0.2) is 0 Å². The van der Waals surface area contributed by atoms with Gasteiger partial charge in [0, 0.05) is 12.0 Å². The third-order valence-corrected chi connectivity index (χ3v) is 3.64. The molecular weight excluding hydrogens is 310 g/mol. The van der Waals surface area contributed by atoms with Crippen molar-refractivity contribution < 1.29 is 19.1 Å². The number of hydrogen-bond acceptors (Lipinski definition) is 4. The smallest absolute Gasteiger partial charge is 0.322 e. The highest BCUT2D eigenvalue weighted by Gasteiger charge is 2.29. The maximum atomic E-state index is 12.1. The van der Waals surface area contributed by atoms with Crippen LogP contribution in [0.3, 0.4) is 0 Å². The molecule has 130 valence electrons. The van der Waals surface area contributed by atoms with E-state index in [2.05, 4.69) is 16.0 Å². The lowest BCUT2D eigenvalue weighted by atomic mass is 10.1. The molecule has 1 fully saturated rings. The van der Waals surface area contributed by atoms with Crippen molar-refractivity contribution in [2.75, 3.05) is 0 Å². The second kappa shape index (κ2) is 7.81. The van der Waals surface area contributed by atoms with Crippen LogP contribution in [0.2, 0.25) is 0 Å². The average molecular weight is 333 g/mol. The van der Waals surface area contributed by atoms with Gasteiger partial charge in [0.05, 0.1) is 12.1 Å². The minimum Gasteiger partial charge on any atom is -0.491 e. The molecule has 1 aromatic carbocycles. The van der Waals surface area contributed by atoms with E-state index in [1.807, 2.05) is 45.0 Å². The highest BCUT2D eigenvalue weighted by molar-refractivity contribution is 6.04. The van der Waals surface area contributed by atoms with Crippen LogP contribution in [0.1, 0.15) is 45.2 Å². The largest absolute Gasteiger partial charge is 0.491 e. The normalized spacial score (nSPS) is 18.1. The lowest BCUT2D eigenvalue weighted by molar-refractivity contribution is -0.122. The van der Waals surface area contributed by atoms with Crippen LogP contribution in [0.25, 0.3) is 0 Å². The predicted molar refractivity (Wildman–Crippen MR) is 88.5 cm³/mol. The van der Waals surface area contributed by atoms with Gasteiger partial charge >= 0.3 is 6.03 Å². The van der Waals surface area contributed by atoms with E-state index in [1.165, 1.54) is 0 Å². The first kappa shape index (κ1) is 17.8. The van der Waals surface area contributed by atoms with Crippen LogP contribution >= 0.6 is 0 Å². The molecule has 1 aliphatic rings. The average Bonchev–Trinajstić information content (AvgIpc) is 2.83. The van der Waals surface area contributed by atoms with Crippen molar-refractivity contribution >= 4 is 17.8 Å². The molecule has 7 heteroatoms. The van der Waals surface area contributed by atoms with E-state index in [0.29, 0.717) is 0 Å². The number of ether oxygens (including phenoxy) is 1. The molecular formula is C17H23N3O4. The van der Waals surface area contributed by atoms with Crippen LogP contribution in [0, 0.1) is 0 Å². The number of benzene rings is 1. The number of carbonyl (C=O) groups excluding carboxylic acids is 3. The van der Waals surface area contributed by atoms with Gasteiger partial charge in [-0.1, -0.05) is 18.2 Å². The van der Waals surface area contributed by atoms with Crippen molar-refractivity contribution in [1.82, 2.24) is 16.0 Å². The Morgan fingerprint density at radius 1 is 1.25 bits per heavy atom. The highest BCUT2D eigenvalue weighted by Crippen LogP contribution is 2.25. The van der Waals surface area contributed by atoms with Crippen LogP contribution in [0.4, 0.5) is 4.79 Å². The van der Waals surface area contributed by atoms with Crippen molar-refractivity contribution in [3.8, 4) is 5.75 Å². The molecule has 7 nitrogen and oxygen atoms in total. The van der Waals surface area contributed by atoms with Gasteiger partial charge in [0.1, 0.15) is 11.8 Å². The SMILES string of the molecule is CC(C)Oc1ccccc1[C@H](C)NC(=O)CC[C@@H]1NC(=O)NC1=O. The Bertz CT molecular complexity index is 630. The summed E-state index contributed by atoms with van der Waals surface area (Å²) < 4.78 is 5.76. The predicted octanol–water partition coefficient (Wildman–Crippen LogP) is 1.64. The quantitative estimate of drug-likeness (QED) is 0.661. The topological polar surface area (TPSA) is 96.5 Å². The first-order valence-electron chi connectivity index (χ1n) is 8.03. The number of nitrogens with one attached hydrogen (secondary N) is 3. The Labute approximate surface area is 141 Å². The molecule has 24 heavy (non-hydrogen) atoms. The van der Waals surface area contributed by atoms with Gasteiger partial charge in [-0.05, 0) is 33.3 Å². The Morgan fingerprint density at radius 3 is 2.58 bits per heavy atom. The first-order valence-corrected chi connectivity index (χ1v) is 8.03. The number of carbonyl (C=O) groups is 3. The summed E-state index contributed by atoms with van der Waals surface area (Å²) in [7, 11) is 0. The Kier molecular flexibility index (Phi) is 5.78. The molecule has 2 atom stereocenters. The minimum absolute atomic E-state index is 0.0403. The van der Waals surface area contributed by atoms with Crippen molar-refractivity contribution in [1.29, 1.82) is 0 Å². The van der Waals surface area contributed by atoms with Crippen molar-refractivity contribution in [3.05, 3.63) is 29.8 Å². The zero-order valence-electron chi connectivity index (χ0n) is 14.1. The molecule has 0 radical (unpaired) electrons. The molecule has 0 unspecified atom stereocenters. The fourth-order valence-electron chi connectivity index (χ4n) is 2.53. The number of rotatable bonds is 7. The molecule has 1 saturated heterocycles. The molecule has 3 N–H and O–H groups in total. The summed E-state index contributed by atoms with van der Waals surface area (Å²) in [5.41, 5.74) is 0.895. The number of imide groups is 1. The molecule has 0 spiro atoms. The molecule has 2 rings (SSSR count). The standard InChI is InChI=1S/C17H23N3O4/c1-10(2)24-14-7-5-4-6-12(14)11(3)18-15(21)9-8-13-16(22)20-17(23)19-13/h4-7,10-11,13H,8-9H2,1-3H3,(H,18,21)(H2,19,20,22,23)/t11-,13-/m0/s1. The molecule has 0 aliphatic carbocycles. The highest BCUT2D eigenvalue weighted by atomic mass is 16.5. The third kappa shape index (κ3) is 4.71. The second-order valence-electron chi connectivity index (χ2n) is 6.05. The van der Waals surface area contributed by atoms with Crippen LogP contribution in [0.15, 0.2) is 24.3 Å². The fourth-order valence-corrected chi connectivity index (χ4v) is 2.53. The van der Waals surface area contributed by atoms with E-state index in [0.717, 1.165) is 11.3 Å². The molecule has 4 amide bonds. The van der Waals surface area contributed by atoms with E-state index in [4.69, 9.17) is 4.74 Å². The Balaban J connectivity index is 1.90. The van der Waals surface area contributed by atoms with E-state index < -0.39 is 18.0 Å². The van der Waals surface area contributed by atoms with Gasteiger partial charge < -0.3 is 15.4 Å². The summed E-state index contributed by atoms with van der Waals surface area (Å²) in [6.07, 6.45) is 0.453. The lowest BCUT2D eigenvalue weighted by Crippen LogP contribution is -2.32. The monoisotopic (exact) mass is 333 g/mol. The summed E-state index contributed by atoms with van der Waals surface area (Å²) in [6, 6.07) is 6.18. The van der Waals surface area contributed by atoms with Gasteiger partial charge in [-0.3, -0.25) is 14.9 Å². The van der Waals surface area contributed by atoms with Gasteiger partial charge in [0.25, 0.3) is 5.91 Å². The van der Waals surface area contributed by atoms with Gasteiger partial charge in [-0.25, -0.2) is 4.79 Å². The third-order valence-electron chi connectivity index (χ3n) is 3.64. The second-order valence-corrected chi connectivity index (χ2v) is 6.05. The Morgan fingerprint density at radius 2 is 1.96 bits per heavy atom. The molecule has 0 aromatic heterocycles. The number of para-hydroxylation sites is 1. The molecule has 1 aromatic rings. The fraction of sp³-hybridized carbons (Fsp3) is 0.471. The van der Waals surface area contributed by atoms with Crippen LogP contribution in [-0.2, 0) is 9.59 Å². The maximum Gasteiger partial charge on any atom is 0.322 e. The zero-order chi connectivity index (χ0) is 17.7. The van der Waals surface area contributed by atoms with Crippen LogP contribution in [0.5, 0.6) is 5.75 Å². The lowest BCUT2D eigenvalue weighted by Gasteiger charge is -2.20. The van der Waals surface area contributed by atoms with Gasteiger partial charge in [-0.15, -0.1) is 0 Å². The number of amides is 4. The summed E-state index contributed by atoms with van der Waals surface area (Å²) >= 11 is 0. The molecule has 0 bridgehead atoms. The number of hydrogen-bond donors (Lipinski definition) is 3. The summed E-state index contributed by atoms with van der Waals surface area (Å²) in [4.78, 5) is 34.6. The van der Waals surface area contributed by atoms with Gasteiger partial charge in [0.2, 0.25) is 5.91 Å². The van der Waals surface area contributed by atoms with Gasteiger partial charge in [-0.2, -0.15) is 0 Å². The van der Waals surface area contributed by atoms with Crippen molar-refractivity contribution in [3.63, 3.8) is 0 Å². The van der Waals surface area contributed by atoms with E-state index >= 15 is 0 Å². The van der Waals surface area contributed by atoms with Crippen LogP contribution < -0.4 is 20.7 Å². The van der Waals surface area contributed by atoms with E-state index in [-0.39, 0.29) is 30.9 Å². The van der Waals surface area contributed by atoms with Crippen LogP contribution in [-0.4, -0.2) is 30.0 Å². The number of urea groups is 1. The first-order chi connectivity index (χ1) is 11.4. The summed E-state index contributed by atoms with van der Waals surface area (Å²) in [5.74, 6) is 0.162.